The van der Waals surface area contributed by atoms with Gasteiger partial charge < -0.3 is 11.1 Å². The molecule has 1 saturated carbocycles. The lowest BCUT2D eigenvalue weighted by atomic mass is 9.87. The zero-order chi connectivity index (χ0) is 14.3. The van der Waals surface area contributed by atoms with Crippen molar-refractivity contribution in [3.63, 3.8) is 0 Å². The fraction of sp³-hybridized carbons (Fsp3) is 0.647. The molecule has 0 saturated heterocycles. The largest absolute Gasteiger partial charge is 0.328 e. The van der Waals surface area contributed by atoms with E-state index in [0.29, 0.717) is 6.04 Å². The van der Waals surface area contributed by atoms with E-state index >= 15 is 0 Å². The van der Waals surface area contributed by atoms with Gasteiger partial charge in [-0.2, -0.15) is 0 Å². The Hall–Kier alpha value is -0.860. The predicted molar refractivity (Wildman–Crippen MR) is 84.3 cm³/mol. The van der Waals surface area contributed by atoms with E-state index in [-0.39, 0.29) is 5.41 Å². The highest BCUT2D eigenvalue weighted by Gasteiger charge is 2.12. The molecule has 2 heteroatoms. The van der Waals surface area contributed by atoms with Crippen LogP contribution in [0.25, 0.3) is 0 Å². The van der Waals surface area contributed by atoms with Crippen LogP contribution >= 0.6 is 0 Å². The summed E-state index contributed by atoms with van der Waals surface area (Å²) in [6, 6.07) is 9.36. The highest BCUT2D eigenvalue weighted by molar-refractivity contribution is 5.27. The highest BCUT2D eigenvalue weighted by atomic mass is 14.8. The van der Waals surface area contributed by atoms with Gasteiger partial charge in [0.1, 0.15) is 0 Å². The minimum Gasteiger partial charge on any atom is -0.328 e. The van der Waals surface area contributed by atoms with Crippen LogP contribution in [0.5, 0.6) is 0 Å². The van der Waals surface area contributed by atoms with Crippen molar-refractivity contribution in [3.05, 3.63) is 35.4 Å². The standard InChI is InChI=1S/C12H19N.C5H11N/c1-12(2,3)11-7-5-10(6-8-11)9-13-4;6-5-3-1-2-4-5/h5-8,13H,9H2,1-4H3;5H,1-4,6H2. The molecule has 0 amide bonds. The first-order chi connectivity index (χ1) is 8.93. The topological polar surface area (TPSA) is 38.0 Å². The monoisotopic (exact) mass is 262 g/mol. The van der Waals surface area contributed by atoms with E-state index in [2.05, 4.69) is 50.4 Å². The number of hydrogen-bond donors (Lipinski definition) is 2. The SMILES string of the molecule is CNCc1ccc(C(C)(C)C)cc1.NC1CCCC1. The second-order valence-electron chi connectivity index (χ2n) is 6.52. The van der Waals surface area contributed by atoms with Crippen LogP contribution < -0.4 is 11.1 Å². The third-order valence-electron chi connectivity index (χ3n) is 3.60. The fourth-order valence-electron chi connectivity index (χ4n) is 2.28. The minimum atomic E-state index is 0.262. The van der Waals surface area contributed by atoms with Crippen molar-refractivity contribution in [1.29, 1.82) is 0 Å². The zero-order valence-corrected chi connectivity index (χ0v) is 13.0. The van der Waals surface area contributed by atoms with Gasteiger partial charge in [0.2, 0.25) is 0 Å². The number of nitrogens with two attached hydrogens (primary N) is 1. The molecule has 0 aromatic heterocycles. The van der Waals surface area contributed by atoms with E-state index in [1.165, 1.54) is 36.8 Å². The van der Waals surface area contributed by atoms with Crippen molar-refractivity contribution in [3.8, 4) is 0 Å². The van der Waals surface area contributed by atoms with Crippen LogP contribution in [0.2, 0.25) is 0 Å². The molecular weight excluding hydrogens is 232 g/mol. The van der Waals surface area contributed by atoms with Crippen molar-refractivity contribution in [1.82, 2.24) is 5.32 Å². The van der Waals surface area contributed by atoms with E-state index in [9.17, 15) is 0 Å². The maximum Gasteiger partial charge on any atom is 0.0202 e. The third-order valence-corrected chi connectivity index (χ3v) is 3.60. The maximum absolute atomic E-state index is 5.53. The summed E-state index contributed by atoms with van der Waals surface area (Å²) in [4.78, 5) is 0. The summed E-state index contributed by atoms with van der Waals surface area (Å²) in [6.45, 7) is 7.66. The van der Waals surface area contributed by atoms with E-state index in [1.807, 2.05) is 7.05 Å². The molecule has 1 fully saturated rings. The van der Waals surface area contributed by atoms with Gasteiger partial charge in [0.05, 0.1) is 0 Å². The van der Waals surface area contributed by atoms with E-state index in [1.54, 1.807) is 0 Å². The van der Waals surface area contributed by atoms with Crippen LogP contribution in [-0.4, -0.2) is 13.1 Å². The first-order valence-electron chi connectivity index (χ1n) is 7.43. The average Bonchev–Trinajstić information content (AvgIpc) is 2.81. The first-order valence-corrected chi connectivity index (χ1v) is 7.43. The van der Waals surface area contributed by atoms with Crippen LogP contribution in [0.4, 0.5) is 0 Å². The number of rotatable bonds is 2. The van der Waals surface area contributed by atoms with E-state index in [0.717, 1.165) is 6.54 Å². The van der Waals surface area contributed by atoms with Crippen molar-refractivity contribution >= 4 is 0 Å². The van der Waals surface area contributed by atoms with Gasteiger partial charge in [0, 0.05) is 12.6 Å². The summed E-state index contributed by atoms with van der Waals surface area (Å²) in [5.74, 6) is 0. The predicted octanol–water partition coefficient (Wildman–Crippen LogP) is 3.59. The maximum atomic E-state index is 5.53. The Bertz CT molecular complexity index is 343. The van der Waals surface area contributed by atoms with E-state index in [4.69, 9.17) is 5.73 Å². The lowest BCUT2D eigenvalue weighted by Crippen LogP contribution is -2.13. The third kappa shape index (κ3) is 6.22. The molecule has 1 aromatic rings. The molecule has 1 aliphatic rings. The van der Waals surface area contributed by atoms with Crippen molar-refractivity contribution in [2.24, 2.45) is 5.73 Å². The molecule has 1 aromatic carbocycles. The molecule has 0 unspecified atom stereocenters. The van der Waals surface area contributed by atoms with Crippen molar-refractivity contribution in [2.45, 2.75) is 64.5 Å². The summed E-state index contributed by atoms with van der Waals surface area (Å²) in [5, 5.41) is 3.14. The van der Waals surface area contributed by atoms with Gasteiger partial charge in [0.25, 0.3) is 0 Å². The summed E-state index contributed by atoms with van der Waals surface area (Å²) in [6.07, 6.45) is 5.25. The quantitative estimate of drug-likeness (QED) is 0.855. The van der Waals surface area contributed by atoms with Crippen LogP contribution in [0.15, 0.2) is 24.3 Å². The smallest absolute Gasteiger partial charge is 0.0202 e. The number of benzene rings is 1. The van der Waals surface area contributed by atoms with Gasteiger partial charge in [-0.25, -0.2) is 0 Å². The lowest BCUT2D eigenvalue weighted by molar-refractivity contribution is 0.590. The number of nitrogens with one attached hydrogen (secondary N) is 1. The lowest BCUT2D eigenvalue weighted by Gasteiger charge is -2.19. The summed E-state index contributed by atoms with van der Waals surface area (Å²) in [5.41, 5.74) is 8.54. The second kappa shape index (κ2) is 7.66. The normalized spacial score (nSPS) is 16.1. The molecule has 108 valence electrons. The molecule has 0 bridgehead atoms. The molecule has 3 N–H and O–H groups in total. The van der Waals surface area contributed by atoms with Crippen LogP contribution in [0.1, 0.15) is 57.6 Å². The van der Waals surface area contributed by atoms with E-state index < -0.39 is 0 Å². The Labute approximate surface area is 118 Å². The van der Waals surface area contributed by atoms with Crippen molar-refractivity contribution < 1.29 is 0 Å². The summed E-state index contributed by atoms with van der Waals surface area (Å²) < 4.78 is 0. The molecule has 2 nitrogen and oxygen atoms in total. The Balaban J connectivity index is 0.000000250. The molecular formula is C17H30N2. The average molecular weight is 262 g/mol. The van der Waals surface area contributed by atoms with Gasteiger partial charge in [-0.3, -0.25) is 0 Å². The first kappa shape index (κ1) is 16.2. The molecule has 0 aliphatic heterocycles. The summed E-state index contributed by atoms with van der Waals surface area (Å²) >= 11 is 0. The molecule has 2 rings (SSSR count). The Morgan fingerprint density at radius 1 is 1.11 bits per heavy atom. The number of hydrogen-bond acceptors (Lipinski definition) is 2. The van der Waals surface area contributed by atoms with Gasteiger partial charge >= 0.3 is 0 Å². The molecule has 0 radical (unpaired) electrons. The second-order valence-corrected chi connectivity index (χ2v) is 6.52. The molecule has 0 atom stereocenters. The van der Waals surface area contributed by atoms with Gasteiger partial charge in [0.15, 0.2) is 0 Å². The van der Waals surface area contributed by atoms with Crippen molar-refractivity contribution in [2.75, 3.05) is 7.05 Å². The molecule has 19 heavy (non-hydrogen) atoms. The Morgan fingerprint density at radius 3 is 1.95 bits per heavy atom. The zero-order valence-electron chi connectivity index (χ0n) is 13.0. The summed E-state index contributed by atoms with van der Waals surface area (Å²) in [7, 11) is 1.97. The van der Waals surface area contributed by atoms with Gasteiger partial charge in [-0.15, -0.1) is 0 Å². The highest BCUT2D eigenvalue weighted by Crippen LogP contribution is 2.22. The van der Waals surface area contributed by atoms with Crippen LogP contribution in [-0.2, 0) is 12.0 Å². The molecule has 1 aliphatic carbocycles. The minimum absolute atomic E-state index is 0.262. The van der Waals surface area contributed by atoms with Gasteiger partial charge in [-0.1, -0.05) is 57.9 Å². The van der Waals surface area contributed by atoms with Crippen LogP contribution in [0.3, 0.4) is 0 Å². The Morgan fingerprint density at radius 2 is 1.63 bits per heavy atom. The Kier molecular flexibility index (Phi) is 6.53. The van der Waals surface area contributed by atoms with Crippen LogP contribution in [0, 0.1) is 0 Å². The van der Waals surface area contributed by atoms with Gasteiger partial charge in [-0.05, 0) is 36.4 Å². The molecule has 0 heterocycles. The fourth-order valence-corrected chi connectivity index (χ4v) is 2.28. The molecule has 0 spiro atoms.